The van der Waals surface area contributed by atoms with Crippen LogP contribution in [0.25, 0.3) is 0 Å². The normalized spacial score (nSPS) is 9.73. The van der Waals surface area contributed by atoms with Crippen molar-refractivity contribution >= 4 is 53.4 Å². The molecule has 0 heterocycles. The van der Waals surface area contributed by atoms with E-state index in [2.05, 4.69) is 0 Å². The molecule has 0 aliphatic carbocycles. The van der Waals surface area contributed by atoms with Gasteiger partial charge in [-0.25, -0.2) is 0 Å². The number of rotatable bonds is 11. The van der Waals surface area contributed by atoms with Crippen molar-refractivity contribution in [3.05, 3.63) is 0 Å². The van der Waals surface area contributed by atoms with Crippen LogP contribution in [0.5, 0.6) is 0 Å². The van der Waals surface area contributed by atoms with E-state index < -0.39 is 50.1 Å². The fourth-order valence-corrected chi connectivity index (χ4v) is 1.48. The quantitative estimate of drug-likeness (QED) is 0.277. The first kappa shape index (κ1) is 26.3. The average Bonchev–Trinajstić information content (AvgIpc) is 2.22. The minimum Gasteiger partial charge on any atom is 0 e. The molecule has 0 spiro atoms. The van der Waals surface area contributed by atoms with Crippen LogP contribution < -0.4 is 0 Å². The zero-order chi connectivity index (χ0) is 15.7. The van der Waals surface area contributed by atoms with E-state index in [0.717, 1.165) is 9.80 Å². The molecule has 0 bridgehead atoms. The summed E-state index contributed by atoms with van der Waals surface area (Å²) in [5.74, 6) is -4.91. The molecule has 4 N–H and O–H groups in total. The number of carbonyl (C=O) groups is 4. The van der Waals surface area contributed by atoms with Crippen molar-refractivity contribution < 1.29 is 59.1 Å². The molecule has 10 nitrogen and oxygen atoms in total. The van der Waals surface area contributed by atoms with Crippen LogP contribution in [0.4, 0.5) is 0 Å². The van der Waals surface area contributed by atoms with Gasteiger partial charge in [0, 0.05) is 32.6 Å². The Bertz CT molecular complexity index is 327. The first-order valence-electron chi connectivity index (χ1n) is 5.52. The van der Waals surface area contributed by atoms with E-state index in [1.54, 1.807) is 0 Å². The van der Waals surface area contributed by atoms with Crippen LogP contribution in [0.2, 0.25) is 0 Å². The Balaban J connectivity index is -0.00000180. The summed E-state index contributed by atoms with van der Waals surface area (Å²) in [6.07, 6.45) is 0. The summed E-state index contributed by atoms with van der Waals surface area (Å²) in [5, 5.41) is 34.5. The molecule has 118 valence electrons. The van der Waals surface area contributed by atoms with Crippen LogP contribution in [-0.2, 0) is 38.7 Å². The third-order valence-corrected chi connectivity index (χ3v) is 2.17. The maximum absolute atomic E-state index is 10.6. The Kier molecular flexibility index (Phi) is 16.8. The van der Waals surface area contributed by atoms with Gasteiger partial charge in [-0.2, -0.15) is 0 Å². The van der Waals surface area contributed by atoms with Crippen LogP contribution in [-0.4, -0.2) is 123 Å². The second-order valence-electron chi connectivity index (χ2n) is 4.00. The molecular weight excluding hydrogens is 364 g/mol. The Morgan fingerprint density at radius 3 is 0.909 bits per heavy atom. The topological polar surface area (TPSA) is 156 Å². The van der Waals surface area contributed by atoms with Gasteiger partial charge in [-0.05, 0) is 0 Å². The first-order chi connectivity index (χ1) is 9.20. The molecule has 0 unspecified atom stereocenters. The van der Waals surface area contributed by atoms with Crippen LogP contribution in [0, 0.1) is 0 Å². The molecule has 22 heavy (non-hydrogen) atoms. The third-order valence-electron chi connectivity index (χ3n) is 2.17. The van der Waals surface area contributed by atoms with E-state index in [9.17, 15) is 19.2 Å². The van der Waals surface area contributed by atoms with Crippen LogP contribution >= 0.6 is 0 Å². The number of hydrogen-bond donors (Lipinski definition) is 4. The minimum absolute atomic E-state index is 0. The van der Waals surface area contributed by atoms with Gasteiger partial charge in [0.2, 0.25) is 0 Å². The summed E-state index contributed by atoms with van der Waals surface area (Å²) in [6, 6.07) is 0. The van der Waals surface area contributed by atoms with Gasteiger partial charge in [-0.3, -0.25) is 29.0 Å². The summed E-state index contributed by atoms with van der Waals surface area (Å²) in [5.41, 5.74) is 0. The predicted molar refractivity (Wildman–Crippen MR) is 70.6 cm³/mol. The molecule has 0 fully saturated rings. The number of aliphatic carboxylic acids is 4. The van der Waals surface area contributed by atoms with Crippen molar-refractivity contribution in [3.63, 3.8) is 0 Å². The standard InChI is InChI=1S/C10H16N2O8.Na.Zn.H/c13-7(14)3-11(4-8(15)16)1-2-12(5-9(17)18)6-10(19)20;;;/h1-6H2,(H,13,14)(H,15,16)(H,17,18)(H,19,20);;;. The van der Waals surface area contributed by atoms with Gasteiger partial charge in [0.15, 0.2) is 0 Å². The SMILES string of the molecule is O=C(O)CN(CCN(CC(=O)O)CC(=O)O)CC(=O)O.[NaH].[Zn]. The molecule has 0 aliphatic rings. The summed E-state index contributed by atoms with van der Waals surface area (Å²) >= 11 is 0. The zero-order valence-corrected chi connectivity index (χ0v) is 14.2. The summed E-state index contributed by atoms with van der Waals surface area (Å²) < 4.78 is 0. The second kappa shape index (κ2) is 14.0. The molecule has 0 atom stereocenters. The van der Waals surface area contributed by atoms with Crippen molar-refractivity contribution in [1.29, 1.82) is 0 Å². The van der Waals surface area contributed by atoms with Crippen LogP contribution in [0.1, 0.15) is 0 Å². The molecule has 0 aromatic carbocycles. The second-order valence-corrected chi connectivity index (χ2v) is 4.00. The van der Waals surface area contributed by atoms with E-state index in [4.69, 9.17) is 20.4 Å². The fourth-order valence-electron chi connectivity index (χ4n) is 1.48. The van der Waals surface area contributed by atoms with E-state index >= 15 is 0 Å². The minimum atomic E-state index is -1.23. The van der Waals surface area contributed by atoms with E-state index in [1.165, 1.54) is 0 Å². The van der Waals surface area contributed by atoms with Crippen molar-refractivity contribution in [3.8, 4) is 0 Å². The summed E-state index contributed by atoms with van der Waals surface area (Å²) in [4.78, 5) is 44.4. The molecule has 0 radical (unpaired) electrons. The van der Waals surface area contributed by atoms with Gasteiger partial charge in [0.25, 0.3) is 0 Å². The smallest absolute Gasteiger partial charge is 0 e. The predicted octanol–water partition coefficient (Wildman–Crippen LogP) is -2.72. The van der Waals surface area contributed by atoms with Crippen molar-refractivity contribution in [2.75, 3.05) is 39.3 Å². The van der Waals surface area contributed by atoms with Gasteiger partial charge in [0.05, 0.1) is 26.2 Å². The Morgan fingerprint density at radius 2 is 0.773 bits per heavy atom. The average molecular weight is 382 g/mol. The monoisotopic (exact) mass is 380 g/mol. The Hall–Kier alpha value is -0.577. The Morgan fingerprint density at radius 1 is 0.591 bits per heavy atom. The molecule has 12 heteroatoms. The zero-order valence-electron chi connectivity index (χ0n) is 11.3. The molecule has 0 amide bonds. The van der Waals surface area contributed by atoms with E-state index in [0.29, 0.717) is 0 Å². The van der Waals surface area contributed by atoms with Crippen molar-refractivity contribution in [2.45, 2.75) is 0 Å². The van der Waals surface area contributed by atoms with E-state index in [1.807, 2.05) is 0 Å². The molecule has 0 saturated heterocycles. The van der Waals surface area contributed by atoms with Crippen molar-refractivity contribution in [2.24, 2.45) is 0 Å². The largest absolute Gasteiger partial charge is 0 e. The number of nitrogens with zero attached hydrogens (tertiary/aromatic N) is 2. The number of carboxylic acids is 4. The first-order valence-corrected chi connectivity index (χ1v) is 5.52. The maximum atomic E-state index is 10.6. The number of hydrogen-bond acceptors (Lipinski definition) is 6. The molecular formula is C10H17N2NaO8Zn. The van der Waals surface area contributed by atoms with Gasteiger partial charge in [-0.15, -0.1) is 0 Å². The van der Waals surface area contributed by atoms with Crippen LogP contribution in [0.3, 0.4) is 0 Å². The third kappa shape index (κ3) is 15.8. The summed E-state index contributed by atoms with van der Waals surface area (Å²) in [6.45, 7) is -2.25. The molecule has 0 rings (SSSR count). The molecule has 0 aliphatic heterocycles. The van der Waals surface area contributed by atoms with E-state index in [-0.39, 0.29) is 62.1 Å². The van der Waals surface area contributed by atoms with Crippen molar-refractivity contribution in [1.82, 2.24) is 9.80 Å². The number of carboxylic acid groups (broad SMARTS) is 4. The van der Waals surface area contributed by atoms with Gasteiger partial charge >= 0.3 is 53.4 Å². The molecule has 0 saturated carbocycles. The van der Waals surface area contributed by atoms with Gasteiger partial charge in [0.1, 0.15) is 0 Å². The maximum Gasteiger partial charge on any atom is 0 e. The van der Waals surface area contributed by atoms with Gasteiger partial charge < -0.3 is 20.4 Å². The summed E-state index contributed by atoms with van der Waals surface area (Å²) in [7, 11) is 0. The van der Waals surface area contributed by atoms with Crippen LogP contribution in [0.15, 0.2) is 0 Å². The van der Waals surface area contributed by atoms with Gasteiger partial charge in [-0.1, -0.05) is 0 Å². The fraction of sp³-hybridized carbons (Fsp3) is 0.600. The molecule has 0 aromatic heterocycles. The molecule has 0 aromatic rings. The Labute approximate surface area is 161 Å².